The molecule has 0 saturated carbocycles. The van der Waals surface area contributed by atoms with Crippen molar-refractivity contribution in [2.75, 3.05) is 6.54 Å². The summed E-state index contributed by atoms with van der Waals surface area (Å²) < 4.78 is 2.39. The zero-order valence-corrected chi connectivity index (χ0v) is 18.8. The molecule has 1 atom stereocenters. The van der Waals surface area contributed by atoms with Crippen molar-refractivity contribution in [2.24, 2.45) is 0 Å². The third kappa shape index (κ3) is 5.36. The minimum Gasteiger partial charge on any atom is -0.338 e. The van der Waals surface area contributed by atoms with E-state index in [2.05, 4.69) is 47.9 Å². The quantitative estimate of drug-likeness (QED) is 0.343. The van der Waals surface area contributed by atoms with Crippen LogP contribution in [-0.4, -0.2) is 26.9 Å². The van der Waals surface area contributed by atoms with Gasteiger partial charge in [0.05, 0.1) is 11.0 Å². The molecule has 4 heteroatoms. The Morgan fingerprint density at radius 1 is 0.903 bits per heavy atom. The number of amides is 1. The maximum Gasteiger partial charge on any atom is 0.223 e. The standard InChI is InChI=1S/C27H35N3O/c1-2-3-4-5-6-7-13-18-30-25-17-12-11-16-24(25)28-27(30)23-19-26(31)29(21-23)20-22-14-9-8-10-15-22/h8-12,14-17,23H,2-7,13,18-21H2,1H3. The Balaban J connectivity index is 1.44. The third-order valence-electron chi connectivity index (χ3n) is 6.47. The Kier molecular flexibility index (Phi) is 7.39. The molecule has 1 unspecified atom stereocenters. The van der Waals surface area contributed by atoms with Gasteiger partial charge in [0.15, 0.2) is 0 Å². The number of benzene rings is 2. The van der Waals surface area contributed by atoms with Gasteiger partial charge in [-0.15, -0.1) is 0 Å². The van der Waals surface area contributed by atoms with Crippen molar-refractivity contribution >= 4 is 16.9 Å². The zero-order valence-electron chi connectivity index (χ0n) is 18.8. The van der Waals surface area contributed by atoms with Gasteiger partial charge in [-0.1, -0.05) is 87.9 Å². The molecule has 3 aromatic rings. The van der Waals surface area contributed by atoms with Crippen LogP contribution in [0.1, 0.15) is 75.6 Å². The van der Waals surface area contributed by atoms with Crippen molar-refractivity contribution in [2.45, 2.75) is 77.3 Å². The van der Waals surface area contributed by atoms with E-state index in [0.29, 0.717) is 13.0 Å². The normalized spacial score (nSPS) is 16.5. The van der Waals surface area contributed by atoms with Gasteiger partial charge in [0.2, 0.25) is 5.91 Å². The third-order valence-corrected chi connectivity index (χ3v) is 6.47. The lowest BCUT2D eigenvalue weighted by Gasteiger charge is -2.17. The summed E-state index contributed by atoms with van der Waals surface area (Å²) in [5, 5.41) is 0. The van der Waals surface area contributed by atoms with Crippen LogP contribution in [-0.2, 0) is 17.9 Å². The lowest BCUT2D eigenvalue weighted by atomic mass is 10.1. The van der Waals surface area contributed by atoms with E-state index >= 15 is 0 Å². The molecule has 1 aliphatic rings. The minimum absolute atomic E-state index is 0.174. The van der Waals surface area contributed by atoms with Gasteiger partial charge >= 0.3 is 0 Å². The number of unbranched alkanes of at least 4 members (excludes halogenated alkanes) is 6. The van der Waals surface area contributed by atoms with E-state index in [-0.39, 0.29) is 11.8 Å². The Bertz CT molecular complexity index is 979. The molecule has 1 aliphatic heterocycles. The number of rotatable bonds is 11. The monoisotopic (exact) mass is 417 g/mol. The number of carbonyl (C=O) groups is 1. The Labute approximate surface area is 186 Å². The summed E-state index contributed by atoms with van der Waals surface area (Å²) in [6.07, 6.45) is 9.67. The maximum absolute atomic E-state index is 12.8. The molecule has 2 aromatic carbocycles. The van der Waals surface area contributed by atoms with Crippen LogP contribution in [0.5, 0.6) is 0 Å². The fourth-order valence-electron chi connectivity index (χ4n) is 4.77. The van der Waals surface area contributed by atoms with Gasteiger partial charge in [-0.3, -0.25) is 4.79 Å². The second-order valence-corrected chi connectivity index (χ2v) is 8.89. The average Bonchev–Trinajstić information content (AvgIpc) is 3.34. The molecule has 4 nitrogen and oxygen atoms in total. The van der Waals surface area contributed by atoms with E-state index in [4.69, 9.17) is 4.98 Å². The number of imidazole rings is 1. The van der Waals surface area contributed by atoms with Gasteiger partial charge in [-0.05, 0) is 24.1 Å². The highest BCUT2D eigenvalue weighted by Gasteiger charge is 2.33. The molecule has 1 saturated heterocycles. The van der Waals surface area contributed by atoms with E-state index in [0.717, 1.165) is 24.4 Å². The molecule has 2 heterocycles. The van der Waals surface area contributed by atoms with Crippen molar-refractivity contribution < 1.29 is 4.79 Å². The molecule has 0 bridgehead atoms. The number of carbonyl (C=O) groups excluding carboxylic acids is 1. The maximum atomic E-state index is 12.8. The SMILES string of the molecule is CCCCCCCCCn1c(C2CC(=O)N(Cc3ccccc3)C2)nc2ccccc21. The summed E-state index contributed by atoms with van der Waals surface area (Å²) in [5.41, 5.74) is 3.44. The topological polar surface area (TPSA) is 38.1 Å². The molecular weight excluding hydrogens is 382 g/mol. The molecule has 164 valence electrons. The highest BCUT2D eigenvalue weighted by molar-refractivity contribution is 5.81. The smallest absolute Gasteiger partial charge is 0.223 e. The van der Waals surface area contributed by atoms with Crippen LogP contribution in [0.4, 0.5) is 0 Å². The highest BCUT2D eigenvalue weighted by atomic mass is 16.2. The number of nitrogens with zero attached hydrogens (tertiary/aromatic N) is 3. The molecule has 0 N–H and O–H groups in total. The minimum atomic E-state index is 0.174. The largest absolute Gasteiger partial charge is 0.338 e. The van der Waals surface area contributed by atoms with Crippen LogP contribution in [0.25, 0.3) is 11.0 Å². The van der Waals surface area contributed by atoms with Crippen LogP contribution in [0, 0.1) is 0 Å². The van der Waals surface area contributed by atoms with Crippen molar-refractivity contribution in [1.29, 1.82) is 0 Å². The number of hydrogen-bond donors (Lipinski definition) is 0. The van der Waals surface area contributed by atoms with Crippen molar-refractivity contribution in [1.82, 2.24) is 14.5 Å². The molecule has 1 fully saturated rings. The molecule has 1 aromatic heterocycles. The molecule has 1 amide bonds. The summed E-state index contributed by atoms with van der Waals surface area (Å²) in [4.78, 5) is 19.8. The van der Waals surface area contributed by atoms with Crippen molar-refractivity contribution in [3.8, 4) is 0 Å². The van der Waals surface area contributed by atoms with Crippen LogP contribution in [0.15, 0.2) is 54.6 Å². The van der Waals surface area contributed by atoms with Crippen LogP contribution >= 0.6 is 0 Å². The number of aromatic nitrogens is 2. The van der Waals surface area contributed by atoms with Gasteiger partial charge in [-0.25, -0.2) is 4.98 Å². The average molecular weight is 418 g/mol. The number of likely N-dealkylation sites (tertiary alicyclic amines) is 1. The summed E-state index contributed by atoms with van der Waals surface area (Å²) in [5.74, 6) is 1.51. The fraction of sp³-hybridized carbons (Fsp3) is 0.481. The van der Waals surface area contributed by atoms with Crippen molar-refractivity contribution in [3.63, 3.8) is 0 Å². The van der Waals surface area contributed by atoms with Crippen LogP contribution < -0.4 is 0 Å². The number of hydrogen-bond acceptors (Lipinski definition) is 2. The molecule has 31 heavy (non-hydrogen) atoms. The fourth-order valence-corrected chi connectivity index (χ4v) is 4.77. The molecule has 4 rings (SSSR count). The lowest BCUT2D eigenvalue weighted by molar-refractivity contribution is -0.128. The lowest BCUT2D eigenvalue weighted by Crippen LogP contribution is -2.24. The Hall–Kier alpha value is -2.62. The van der Waals surface area contributed by atoms with E-state index in [1.54, 1.807) is 0 Å². The molecular formula is C27H35N3O. The van der Waals surface area contributed by atoms with Crippen LogP contribution in [0.3, 0.4) is 0 Å². The van der Waals surface area contributed by atoms with E-state index < -0.39 is 0 Å². The summed E-state index contributed by atoms with van der Waals surface area (Å²) in [7, 11) is 0. The first-order valence-electron chi connectivity index (χ1n) is 12.0. The predicted molar refractivity (Wildman–Crippen MR) is 127 cm³/mol. The second kappa shape index (κ2) is 10.6. The Morgan fingerprint density at radius 3 is 2.42 bits per heavy atom. The first kappa shape index (κ1) is 21.6. The van der Waals surface area contributed by atoms with Gasteiger partial charge in [0.25, 0.3) is 0 Å². The Morgan fingerprint density at radius 2 is 1.61 bits per heavy atom. The molecule has 0 spiro atoms. The second-order valence-electron chi connectivity index (χ2n) is 8.89. The van der Waals surface area contributed by atoms with Gasteiger partial charge < -0.3 is 9.47 Å². The summed E-state index contributed by atoms with van der Waals surface area (Å²) in [6, 6.07) is 18.7. The van der Waals surface area contributed by atoms with E-state index in [9.17, 15) is 4.79 Å². The number of para-hydroxylation sites is 2. The zero-order chi connectivity index (χ0) is 21.5. The number of aryl methyl sites for hydroxylation is 1. The van der Waals surface area contributed by atoms with Gasteiger partial charge in [0, 0.05) is 32.0 Å². The van der Waals surface area contributed by atoms with Crippen LogP contribution in [0.2, 0.25) is 0 Å². The number of fused-ring (bicyclic) bond motifs is 1. The van der Waals surface area contributed by atoms with Gasteiger partial charge in [-0.2, -0.15) is 0 Å². The molecule has 0 radical (unpaired) electrons. The molecule has 0 aliphatic carbocycles. The van der Waals surface area contributed by atoms with E-state index in [1.807, 2.05) is 23.1 Å². The first-order valence-corrected chi connectivity index (χ1v) is 12.0. The first-order chi connectivity index (χ1) is 15.3. The highest BCUT2D eigenvalue weighted by Crippen LogP contribution is 2.31. The predicted octanol–water partition coefficient (Wildman–Crippen LogP) is 6.30. The van der Waals surface area contributed by atoms with Crippen molar-refractivity contribution in [3.05, 3.63) is 66.0 Å². The summed E-state index contributed by atoms with van der Waals surface area (Å²) in [6.45, 7) is 4.70. The van der Waals surface area contributed by atoms with Gasteiger partial charge in [0.1, 0.15) is 5.82 Å². The summed E-state index contributed by atoms with van der Waals surface area (Å²) >= 11 is 0. The van der Waals surface area contributed by atoms with E-state index in [1.165, 1.54) is 56.0 Å².